The van der Waals surface area contributed by atoms with Crippen molar-refractivity contribution in [3.05, 3.63) is 125 Å². The third-order valence-corrected chi connectivity index (χ3v) is 7.33. The fraction of sp³-hybridized carbons (Fsp3) is 0.273. The van der Waals surface area contributed by atoms with E-state index < -0.39 is 11.7 Å². The highest BCUT2D eigenvalue weighted by atomic mass is 19.4. The third-order valence-electron chi connectivity index (χ3n) is 7.33. The standard InChI is InChI=1S/C33H32F3NO2/c34-33(35,36)30-19-26(22-38-24-32(14-16-37-17-15-32)29-11-5-2-6-12-29)18-28(20-30)27-10-7-13-31(21-27)39-23-25-8-3-1-4-9-25/h1-13,18-21,37H,14-17,22-24H2. The molecule has 0 bridgehead atoms. The molecule has 0 amide bonds. The molecular formula is C33H32F3NO2. The Morgan fingerprint density at radius 3 is 2.13 bits per heavy atom. The smallest absolute Gasteiger partial charge is 0.416 e. The van der Waals surface area contributed by atoms with Crippen LogP contribution in [0.2, 0.25) is 0 Å². The van der Waals surface area contributed by atoms with Crippen LogP contribution < -0.4 is 10.1 Å². The lowest BCUT2D eigenvalue weighted by atomic mass is 9.74. The number of benzene rings is 4. The molecule has 0 radical (unpaired) electrons. The first-order valence-electron chi connectivity index (χ1n) is 13.2. The van der Waals surface area contributed by atoms with Crippen LogP contribution in [0.4, 0.5) is 13.2 Å². The molecule has 1 aliphatic rings. The summed E-state index contributed by atoms with van der Waals surface area (Å²) in [6, 6.07) is 31.4. The first kappa shape index (κ1) is 27.0. The molecule has 0 saturated carbocycles. The van der Waals surface area contributed by atoms with Crippen LogP contribution in [0.25, 0.3) is 11.1 Å². The maximum Gasteiger partial charge on any atom is 0.416 e. The summed E-state index contributed by atoms with van der Waals surface area (Å²) in [7, 11) is 0. The molecule has 0 spiro atoms. The summed E-state index contributed by atoms with van der Waals surface area (Å²) in [6.07, 6.45) is -2.63. The zero-order valence-electron chi connectivity index (χ0n) is 21.7. The van der Waals surface area contributed by atoms with Gasteiger partial charge in [-0.1, -0.05) is 72.8 Å². The second-order valence-electron chi connectivity index (χ2n) is 10.1. The minimum absolute atomic E-state index is 0.100. The lowest BCUT2D eigenvalue weighted by Gasteiger charge is -2.38. The molecule has 4 aromatic carbocycles. The second-order valence-corrected chi connectivity index (χ2v) is 10.1. The Morgan fingerprint density at radius 2 is 1.41 bits per heavy atom. The zero-order chi connectivity index (χ0) is 27.1. The van der Waals surface area contributed by atoms with Gasteiger partial charge in [0.1, 0.15) is 12.4 Å². The van der Waals surface area contributed by atoms with Crippen LogP contribution in [-0.2, 0) is 29.5 Å². The van der Waals surface area contributed by atoms with Crippen molar-refractivity contribution in [3.63, 3.8) is 0 Å². The van der Waals surface area contributed by atoms with E-state index in [1.807, 2.05) is 54.6 Å². The summed E-state index contributed by atoms with van der Waals surface area (Å²) < 4.78 is 53.7. The molecule has 1 heterocycles. The molecule has 5 rings (SSSR count). The molecule has 1 N–H and O–H groups in total. The molecule has 0 atom stereocenters. The van der Waals surface area contributed by atoms with Crippen molar-refractivity contribution >= 4 is 0 Å². The molecule has 3 nitrogen and oxygen atoms in total. The Balaban J connectivity index is 1.35. The number of hydrogen-bond donors (Lipinski definition) is 1. The summed E-state index contributed by atoms with van der Waals surface area (Å²) >= 11 is 0. The second kappa shape index (κ2) is 12.1. The third kappa shape index (κ3) is 6.88. The predicted molar refractivity (Wildman–Crippen MR) is 148 cm³/mol. The lowest BCUT2D eigenvalue weighted by Crippen LogP contribution is -2.43. The van der Waals surface area contributed by atoms with Gasteiger partial charge in [0.25, 0.3) is 0 Å². The van der Waals surface area contributed by atoms with Crippen LogP contribution in [0.3, 0.4) is 0 Å². The van der Waals surface area contributed by atoms with Crippen molar-refractivity contribution in [2.75, 3.05) is 19.7 Å². The maximum atomic E-state index is 13.9. The highest BCUT2D eigenvalue weighted by Crippen LogP contribution is 2.36. The van der Waals surface area contributed by atoms with E-state index in [0.29, 0.717) is 35.7 Å². The molecule has 1 aliphatic heterocycles. The van der Waals surface area contributed by atoms with Gasteiger partial charge in [0, 0.05) is 5.41 Å². The largest absolute Gasteiger partial charge is 0.489 e. The fourth-order valence-electron chi connectivity index (χ4n) is 5.19. The molecule has 1 saturated heterocycles. The number of halogens is 3. The van der Waals surface area contributed by atoms with Gasteiger partial charge in [-0.05, 0) is 84.1 Å². The topological polar surface area (TPSA) is 30.5 Å². The summed E-state index contributed by atoms with van der Waals surface area (Å²) in [6.45, 7) is 2.70. The van der Waals surface area contributed by atoms with E-state index in [-0.39, 0.29) is 12.0 Å². The highest BCUT2D eigenvalue weighted by molar-refractivity contribution is 5.67. The van der Waals surface area contributed by atoms with Gasteiger partial charge in [-0.25, -0.2) is 0 Å². The van der Waals surface area contributed by atoms with Gasteiger partial charge in [-0.3, -0.25) is 0 Å². The summed E-state index contributed by atoms with van der Waals surface area (Å²) in [4.78, 5) is 0. The first-order chi connectivity index (χ1) is 18.9. The Labute approximate surface area is 227 Å². The van der Waals surface area contributed by atoms with Crippen molar-refractivity contribution in [1.82, 2.24) is 5.32 Å². The van der Waals surface area contributed by atoms with Crippen LogP contribution in [0.1, 0.15) is 35.1 Å². The van der Waals surface area contributed by atoms with Gasteiger partial charge in [-0.2, -0.15) is 13.2 Å². The van der Waals surface area contributed by atoms with Crippen LogP contribution in [0, 0.1) is 0 Å². The monoisotopic (exact) mass is 531 g/mol. The van der Waals surface area contributed by atoms with Crippen LogP contribution in [-0.4, -0.2) is 19.7 Å². The zero-order valence-corrected chi connectivity index (χ0v) is 21.7. The van der Waals surface area contributed by atoms with E-state index >= 15 is 0 Å². The number of alkyl halides is 3. The van der Waals surface area contributed by atoms with Crippen LogP contribution in [0.15, 0.2) is 103 Å². The lowest BCUT2D eigenvalue weighted by molar-refractivity contribution is -0.137. The Bertz CT molecular complexity index is 1350. The van der Waals surface area contributed by atoms with E-state index in [1.54, 1.807) is 24.3 Å². The number of hydrogen-bond acceptors (Lipinski definition) is 3. The minimum atomic E-state index is -4.47. The molecule has 0 aliphatic carbocycles. The van der Waals surface area contributed by atoms with Crippen molar-refractivity contribution in [2.45, 2.75) is 37.6 Å². The van der Waals surface area contributed by atoms with Gasteiger partial charge in [0.2, 0.25) is 0 Å². The van der Waals surface area contributed by atoms with Crippen LogP contribution >= 0.6 is 0 Å². The van der Waals surface area contributed by atoms with Crippen molar-refractivity contribution in [3.8, 4) is 16.9 Å². The van der Waals surface area contributed by atoms with E-state index in [2.05, 4.69) is 17.4 Å². The molecular weight excluding hydrogens is 499 g/mol. The molecule has 1 fully saturated rings. The predicted octanol–water partition coefficient (Wildman–Crippen LogP) is 7.79. The van der Waals surface area contributed by atoms with Gasteiger partial charge in [-0.15, -0.1) is 0 Å². The number of nitrogens with one attached hydrogen (secondary N) is 1. The van der Waals surface area contributed by atoms with Gasteiger partial charge < -0.3 is 14.8 Å². The Kier molecular flexibility index (Phi) is 8.34. The van der Waals surface area contributed by atoms with E-state index in [1.165, 1.54) is 17.7 Å². The summed E-state index contributed by atoms with van der Waals surface area (Å²) in [5, 5.41) is 3.40. The molecule has 0 unspecified atom stereocenters. The van der Waals surface area contributed by atoms with E-state index in [9.17, 15) is 13.2 Å². The maximum absolute atomic E-state index is 13.9. The van der Waals surface area contributed by atoms with E-state index in [0.717, 1.165) is 31.5 Å². The Hall–Kier alpha value is -3.61. The molecule has 4 aromatic rings. The van der Waals surface area contributed by atoms with Crippen molar-refractivity contribution in [1.29, 1.82) is 0 Å². The van der Waals surface area contributed by atoms with Crippen molar-refractivity contribution < 1.29 is 22.6 Å². The number of piperidine rings is 1. The number of rotatable bonds is 9. The van der Waals surface area contributed by atoms with E-state index in [4.69, 9.17) is 9.47 Å². The van der Waals surface area contributed by atoms with Crippen LogP contribution in [0.5, 0.6) is 5.75 Å². The molecule has 0 aromatic heterocycles. The van der Waals surface area contributed by atoms with Gasteiger partial charge in [0.15, 0.2) is 0 Å². The van der Waals surface area contributed by atoms with Crippen molar-refractivity contribution in [2.24, 2.45) is 0 Å². The number of ether oxygens (including phenoxy) is 2. The molecule has 202 valence electrons. The summed E-state index contributed by atoms with van der Waals surface area (Å²) in [5.74, 6) is 0.599. The quantitative estimate of drug-likeness (QED) is 0.239. The van der Waals surface area contributed by atoms with Gasteiger partial charge in [0.05, 0.1) is 18.8 Å². The fourth-order valence-corrected chi connectivity index (χ4v) is 5.19. The molecule has 39 heavy (non-hydrogen) atoms. The highest BCUT2D eigenvalue weighted by Gasteiger charge is 2.34. The average molecular weight is 532 g/mol. The Morgan fingerprint density at radius 1 is 0.692 bits per heavy atom. The SMILES string of the molecule is FC(F)(F)c1cc(COCC2(c3ccccc3)CCNCC2)cc(-c2cccc(OCc3ccccc3)c2)c1. The minimum Gasteiger partial charge on any atom is -0.489 e. The summed E-state index contributed by atoms with van der Waals surface area (Å²) in [5.41, 5.74) is 3.02. The van der Waals surface area contributed by atoms with Gasteiger partial charge >= 0.3 is 6.18 Å². The molecule has 6 heteroatoms. The first-order valence-corrected chi connectivity index (χ1v) is 13.2. The normalized spacial score (nSPS) is 15.2. The average Bonchev–Trinajstić information content (AvgIpc) is 2.97.